The van der Waals surface area contributed by atoms with Crippen LogP contribution in [0.3, 0.4) is 0 Å². The summed E-state index contributed by atoms with van der Waals surface area (Å²) in [5.41, 5.74) is -0.645. The molecule has 0 fully saturated rings. The van der Waals surface area contributed by atoms with Crippen molar-refractivity contribution in [3.63, 3.8) is 0 Å². The zero-order chi connectivity index (χ0) is 15.3. The van der Waals surface area contributed by atoms with Crippen molar-refractivity contribution in [2.45, 2.75) is 25.6 Å². The van der Waals surface area contributed by atoms with Crippen LogP contribution in [0.25, 0.3) is 0 Å². The maximum absolute atomic E-state index is 12.6. The third kappa shape index (κ3) is 3.94. The van der Waals surface area contributed by atoms with Gasteiger partial charge in [-0.25, -0.2) is 0 Å². The van der Waals surface area contributed by atoms with Crippen LogP contribution in [0, 0.1) is 29.6 Å². The van der Waals surface area contributed by atoms with Gasteiger partial charge in [-0.1, -0.05) is 11.6 Å². The van der Waals surface area contributed by atoms with E-state index in [4.69, 9.17) is 22.1 Å². The number of halogens is 4. The number of aryl methyl sites for hydroxylation is 1. The number of alkyl halides is 3. The maximum Gasteiger partial charge on any atom is 0.416 e. The Morgan fingerprint density at radius 3 is 2.45 bits per heavy atom. The molecule has 0 N–H and O–H groups in total. The predicted molar refractivity (Wildman–Crippen MR) is 65.3 cm³/mol. The van der Waals surface area contributed by atoms with Crippen LogP contribution >= 0.6 is 11.6 Å². The van der Waals surface area contributed by atoms with Gasteiger partial charge >= 0.3 is 6.18 Å². The highest BCUT2D eigenvalue weighted by Crippen LogP contribution is 2.37. The van der Waals surface area contributed by atoms with Crippen LogP contribution in [0.5, 0.6) is 0 Å². The number of benzene rings is 1. The molecule has 0 aliphatic carbocycles. The van der Waals surface area contributed by atoms with Crippen LogP contribution < -0.4 is 0 Å². The molecule has 20 heavy (non-hydrogen) atoms. The zero-order valence-corrected chi connectivity index (χ0v) is 11.0. The fourth-order valence-corrected chi connectivity index (χ4v) is 1.66. The summed E-state index contributed by atoms with van der Waals surface area (Å²) in [5, 5.41) is 24.2. The smallest absolute Gasteiger partial charge is 0.198 e. The summed E-state index contributed by atoms with van der Waals surface area (Å²) in [7, 11) is 0. The molecule has 0 aliphatic heterocycles. The van der Waals surface area contributed by atoms with Crippen LogP contribution in [-0.4, -0.2) is 6.04 Å². The lowest BCUT2D eigenvalue weighted by Crippen LogP contribution is -2.05. The van der Waals surface area contributed by atoms with Gasteiger partial charge in [0.2, 0.25) is 0 Å². The third-order valence-corrected chi connectivity index (χ3v) is 2.60. The second-order valence-corrected chi connectivity index (χ2v) is 4.25. The van der Waals surface area contributed by atoms with Crippen molar-refractivity contribution < 1.29 is 13.2 Å². The highest BCUT2D eigenvalue weighted by Gasteiger charge is 2.31. The Morgan fingerprint density at radius 2 is 2.00 bits per heavy atom. The van der Waals surface area contributed by atoms with Crippen LogP contribution in [-0.2, 0) is 6.18 Å². The van der Waals surface area contributed by atoms with Gasteiger partial charge in [-0.3, -0.25) is 0 Å². The molecule has 0 saturated carbocycles. The fraction of sp³-hybridized carbons (Fsp3) is 0.333. The van der Waals surface area contributed by atoms with Gasteiger partial charge in [-0.2, -0.15) is 33.9 Å². The first kappa shape index (κ1) is 15.9. The minimum atomic E-state index is -4.50. The maximum atomic E-state index is 12.6. The van der Waals surface area contributed by atoms with E-state index in [-0.39, 0.29) is 22.7 Å². The number of nitrogens with zero attached hydrogens (tertiary/aromatic N) is 4. The lowest BCUT2D eigenvalue weighted by molar-refractivity contribution is -0.137. The van der Waals surface area contributed by atoms with Gasteiger partial charge in [0.05, 0.1) is 29.1 Å². The predicted octanol–water partition coefficient (Wildman–Crippen LogP) is 4.56. The average Bonchev–Trinajstić information content (AvgIpc) is 2.35. The summed E-state index contributed by atoms with van der Waals surface area (Å²) in [4.78, 5) is 0. The van der Waals surface area contributed by atoms with E-state index in [2.05, 4.69) is 10.2 Å². The van der Waals surface area contributed by atoms with Crippen molar-refractivity contribution in [1.29, 1.82) is 10.5 Å². The largest absolute Gasteiger partial charge is 0.416 e. The van der Waals surface area contributed by atoms with Crippen molar-refractivity contribution in [1.82, 2.24) is 0 Å². The van der Waals surface area contributed by atoms with Crippen molar-refractivity contribution in [3.8, 4) is 12.1 Å². The Kier molecular flexibility index (Phi) is 5.06. The minimum Gasteiger partial charge on any atom is -0.198 e. The lowest BCUT2D eigenvalue weighted by Gasteiger charge is -2.10. The highest BCUT2D eigenvalue weighted by atomic mass is 35.5. The van der Waals surface area contributed by atoms with Gasteiger partial charge in [0.15, 0.2) is 6.04 Å². The number of hydrogen-bond acceptors (Lipinski definition) is 4. The van der Waals surface area contributed by atoms with Gasteiger partial charge in [0, 0.05) is 0 Å². The first-order valence-corrected chi connectivity index (χ1v) is 5.72. The van der Waals surface area contributed by atoms with E-state index in [0.29, 0.717) is 0 Å². The number of hydrogen-bond donors (Lipinski definition) is 0. The second kappa shape index (κ2) is 6.36. The summed E-state index contributed by atoms with van der Waals surface area (Å²) < 4.78 is 37.7. The quantitative estimate of drug-likeness (QED) is 0.768. The van der Waals surface area contributed by atoms with Crippen molar-refractivity contribution in [3.05, 3.63) is 28.3 Å². The van der Waals surface area contributed by atoms with Gasteiger partial charge in [-0.05, 0) is 24.6 Å². The average molecular weight is 301 g/mol. The van der Waals surface area contributed by atoms with Crippen LogP contribution in [0.4, 0.5) is 18.9 Å². The SMILES string of the molecule is Cc1cc(C(F)(F)F)cc(Cl)c1N=NC(C#N)CC#N. The molecule has 1 atom stereocenters. The molecule has 0 radical (unpaired) electrons. The summed E-state index contributed by atoms with van der Waals surface area (Å²) >= 11 is 5.74. The van der Waals surface area contributed by atoms with Gasteiger partial charge < -0.3 is 0 Å². The molecule has 0 heterocycles. The zero-order valence-electron chi connectivity index (χ0n) is 10.2. The Bertz CT molecular complexity index is 588. The van der Waals surface area contributed by atoms with E-state index >= 15 is 0 Å². The van der Waals surface area contributed by atoms with Gasteiger partial charge in [0.1, 0.15) is 5.69 Å². The van der Waals surface area contributed by atoms with E-state index in [1.807, 2.05) is 0 Å². The van der Waals surface area contributed by atoms with Crippen LogP contribution in [0.2, 0.25) is 5.02 Å². The summed E-state index contributed by atoms with van der Waals surface area (Å²) in [6.07, 6.45) is -4.66. The molecule has 104 valence electrons. The second-order valence-electron chi connectivity index (χ2n) is 3.84. The molecular formula is C12H8ClF3N4. The van der Waals surface area contributed by atoms with Crippen molar-refractivity contribution >= 4 is 17.3 Å². The summed E-state index contributed by atoms with van der Waals surface area (Å²) in [6, 6.07) is 4.16. The molecule has 0 saturated heterocycles. The highest BCUT2D eigenvalue weighted by molar-refractivity contribution is 6.33. The molecule has 1 aromatic rings. The molecule has 0 aromatic heterocycles. The minimum absolute atomic E-state index is 0.0536. The van der Waals surface area contributed by atoms with E-state index in [1.54, 1.807) is 12.1 Å². The molecule has 1 aromatic carbocycles. The topological polar surface area (TPSA) is 72.3 Å². The first-order chi connectivity index (χ1) is 9.29. The Morgan fingerprint density at radius 1 is 1.35 bits per heavy atom. The first-order valence-electron chi connectivity index (χ1n) is 5.34. The van der Waals surface area contributed by atoms with Gasteiger partial charge in [-0.15, -0.1) is 0 Å². The molecule has 1 rings (SSSR count). The molecule has 0 amide bonds. The molecule has 8 heteroatoms. The number of rotatable bonds is 3. The molecular weight excluding hydrogens is 293 g/mol. The molecule has 0 spiro atoms. The van der Waals surface area contributed by atoms with E-state index in [1.165, 1.54) is 6.92 Å². The van der Waals surface area contributed by atoms with Crippen molar-refractivity contribution in [2.24, 2.45) is 10.2 Å². The Balaban J connectivity index is 3.13. The molecule has 0 aliphatic rings. The van der Waals surface area contributed by atoms with E-state index < -0.39 is 17.8 Å². The van der Waals surface area contributed by atoms with Crippen LogP contribution in [0.15, 0.2) is 22.4 Å². The molecule has 0 bridgehead atoms. The Hall–Kier alpha value is -2.12. The van der Waals surface area contributed by atoms with E-state index in [9.17, 15) is 13.2 Å². The Labute approximate surface area is 118 Å². The van der Waals surface area contributed by atoms with Crippen LogP contribution in [0.1, 0.15) is 17.5 Å². The lowest BCUT2D eigenvalue weighted by atomic mass is 10.1. The van der Waals surface area contributed by atoms with E-state index in [0.717, 1.165) is 12.1 Å². The third-order valence-electron chi connectivity index (χ3n) is 2.31. The number of azo groups is 1. The summed E-state index contributed by atoms with van der Waals surface area (Å²) in [6.45, 7) is 1.40. The van der Waals surface area contributed by atoms with Crippen molar-refractivity contribution in [2.75, 3.05) is 0 Å². The monoisotopic (exact) mass is 300 g/mol. The summed E-state index contributed by atoms with van der Waals surface area (Å²) in [5.74, 6) is 0. The molecule has 4 nitrogen and oxygen atoms in total. The van der Waals surface area contributed by atoms with Gasteiger partial charge in [0.25, 0.3) is 0 Å². The standard InChI is InChI=1S/C12H8ClF3N4/c1-7-4-8(12(14,15)16)5-10(13)11(7)20-19-9(6-18)2-3-17/h4-5,9H,2H2,1H3. The number of nitriles is 2. The molecule has 1 unspecified atom stereocenters. The fourth-order valence-electron chi connectivity index (χ4n) is 1.35. The normalized spacial score (nSPS) is 12.9.